The number of hydrogen-bond donors (Lipinski definition) is 1. The highest BCUT2D eigenvalue weighted by atomic mass is 79.9. The first-order valence-electron chi connectivity index (χ1n) is 7.83. The molecule has 1 aromatic rings. The van der Waals surface area contributed by atoms with E-state index in [2.05, 4.69) is 15.9 Å². The Balaban J connectivity index is 1.65. The molecule has 0 amide bonds. The molecule has 3 heteroatoms. The molecule has 4 saturated carbocycles. The fourth-order valence-corrected chi connectivity index (χ4v) is 5.92. The van der Waals surface area contributed by atoms with Gasteiger partial charge in [0.05, 0.1) is 4.47 Å². The summed E-state index contributed by atoms with van der Waals surface area (Å²) in [5, 5.41) is 0. The Morgan fingerprint density at radius 3 is 2.25 bits per heavy atom. The Kier molecular flexibility index (Phi) is 3.19. The Morgan fingerprint density at radius 1 is 1.05 bits per heavy atom. The molecule has 1 unspecified atom stereocenters. The van der Waals surface area contributed by atoms with Crippen LogP contribution >= 0.6 is 15.9 Å². The van der Waals surface area contributed by atoms with Gasteiger partial charge in [0.1, 0.15) is 5.82 Å². The summed E-state index contributed by atoms with van der Waals surface area (Å²) < 4.78 is 14.9. The number of nitrogens with two attached hydrogens (primary N) is 1. The van der Waals surface area contributed by atoms with Crippen LogP contribution in [0, 0.1) is 35.4 Å². The van der Waals surface area contributed by atoms with Gasteiger partial charge in [0, 0.05) is 11.6 Å². The van der Waals surface area contributed by atoms with Crippen LogP contribution < -0.4 is 5.73 Å². The van der Waals surface area contributed by atoms with Gasteiger partial charge in [-0.3, -0.25) is 0 Å². The molecule has 1 nitrogen and oxygen atoms in total. The van der Waals surface area contributed by atoms with Crippen molar-refractivity contribution in [2.45, 2.75) is 38.1 Å². The second-order valence-corrected chi connectivity index (χ2v) is 8.03. The molecule has 0 aromatic heterocycles. The van der Waals surface area contributed by atoms with Gasteiger partial charge in [-0.15, -0.1) is 0 Å². The maximum atomic E-state index is 14.3. The van der Waals surface area contributed by atoms with Gasteiger partial charge in [-0.05, 0) is 83.7 Å². The second kappa shape index (κ2) is 4.81. The number of halogens is 2. The molecule has 1 aromatic carbocycles. The van der Waals surface area contributed by atoms with Crippen molar-refractivity contribution in [2.75, 3.05) is 0 Å². The highest BCUT2D eigenvalue weighted by molar-refractivity contribution is 9.10. The average molecular weight is 338 g/mol. The van der Waals surface area contributed by atoms with Gasteiger partial charge in [0.25, 0.3) is 0 Å². The minimum Gasteiger partial charge on any atom is -0.324 e. The minimum absolute atomic E-state index is 0.137. The second-order valence-electron chi connectivity index (χ2n) is 7.18. The van der Waals surface area contributed by atoms with E-state index in [-0.39, 0.29) is 11.9 Å². The molecule has 108 valence electrons. The van der Waals surface area contributed by atoms with E-state index >= 15 is 0 Å². The van der Waals surface area contributed by atoms with Crippen LogP contribution in [-0.2, 0) is 0 Å². The molecule has 4 fully saturated rings. The van der Waals surface area contributed by atoms with Crippen molar-refractivity contribution in [1.29, 1.82) is 0 Å². The molecule has 0 radical (unpaired) electrons. The van der Waals surface area contributed by atoms with Crippen LogP contribution in [0.15, 0.2) is 22.7 Å². The van der Waals surface area contributed by atoms with Crippen molar-refractivity contribution >= 4 is 15.9 Å². The lowest BCUT2D eigenvalue weighted by Gasteiger charge is -2.56. The van der Waals surface area contributed by atoms with Crippen molar-refractivity contribution in [2.24, 2.45) is 35.3 Å². The summed E-state index contributed by atoms with van der Waals surface area (Å²) in [4.78, 5) is 0. The van der Waals surface area contributed by atoms with Gasteiger partial charge in [-0.2, -0.15) is 0 Å². The van der Waals surface area contributed by atoms with E-state index in [1.54, 1.807) is 6.07 Å². The summed E-state index contributed by atoms with van der Waals surface area (Å²) in [5.41, 5.74) is 7.23. The number of hydrogen-bond acceptors (Lipinski definition) is 1. The van der Waals surface area contributed by atoms with Crippen molar-refractivity contribution < 1.29 is 4.39 Å². The molecule has 0 spiro atoms. The molecule has 5 rings (SSSR count). The Hall–Kier alpha value is -0.410. The first-order chi connectivity index (χ1) is 9.63. The van der Waals surface area contributed by atoms with Crippen LogP contribution in [0.1, 0.15) is 43.7 Å². The van der Waals surface area contributed by atoms with Crippen LogP contribution in [0.2, 0.25) is 0 Å². The van der Waals surface area contributed by atoms with Crippen LogP contribution in [0.25, 0.3) is 0 Å². The molecule has 4 bridgehead atoms. The normalized spacial score (nSPS) is 40.0. The topological polar surface area (TPSA) is 26.0 Å². The van der Waals surface area contributed by atoms with Crippen molar-refractivity contribution in [3.8, 4) is 0 Å². The van der Waals surface area contributed by atoms with E-state index in [9.17, 15) is 4.39 Å². The highest BCUT2D eigenvalue weighted by Gasteiger charge is 2.50. The molecule has 2 N–H and O–H groups in total. The maximum Gasteiger partial charge on any atom is 0.142 e. The molecule has 0 aliphatic heterocycles. The summed E-state index contributed by atoms with van der Waals surface area (Å²) in [6.45, 7) is 0. The fourth-order valence-electron chi connectivity index (χ4n) is 5.54. The molecule has 1 atom stereocenters. The van der Waals surface area contributed by atoms with Crippen molar-refractivity contribution in [1.82, 2.24) is 0 Å². The van der Waals surface area contributed by atoms with Gasteiger partial charge in [-0.1, -0.05) is 12.1 Å². The summed E-state index contributed by atoms with van der Waals surface area (Å²) in [5.74, 6) is 3.68. The first-order valence-corrected chi connectivity index (χ1v) is 8.62. The van der Waals surface area contributed by atoms with Gasteiger partial charge < -0.3 is 5.73 Å². The predicted octanol–water partition coefficient (Wildman–Crippen LogP) is 4.66. The van der Waals surface area contributed by atoms with Gasteiger partial charge in [0.15, 0.2) is 0 Å². The third-order valence-electron chi connectivity index (χ3n) is 6.05. The van der Waals surface area contributed by atoms with Crippen molar-refractivity contribution in [3.63, 3.8) is 0 Å². The molecule has 4 aliphatic carbocycles. The van der Waals surface area contributed by atoms with Crippen LogP contribution in [0.5, 0.6) is 0 Å². The lowest BCUT2D eigenvalue weighted by Crippen LogP contribution is -2.48. The fraction of sp³-hybridized carbons (Fsp3) is 0.647. The minimum atomic E-state index is -0.159. The summed E-state index contributed by atoms with van der Waals surface area (Å²) >= 11 is 3.29. The quantitative estimate of drug-likeness (QED) is 0.834. The lowest BCUT2D eigenvalue weighted by molar-refractivity contribution is -0.0475. The molecular formula is C17H21BrFN. The third-order valence-corrected chi connectivity index (χ3v) is 6.67. The highest BCUT2D eigenvalue weighted by Crippen LogP contribution is 2.59. The van der Waals surface area contributed by atoms with E-state index in [1.807, 2.05) is 12.1 Å². The summed E-state index contributed by atoms with van der Waals surface area (Å²) in [6, 6.07) is 5.39. The van der Waals surface area contributed by atoms with Crippen molar-refractivity contribution in [3.05, 3.63) is 34.1 Å². The van der Waals surface area contributed by atoms with Gasteiger partial charge in [-0.25, -0.2) is 4.39 Å². The molecular weight excluding hydrogens is 317 g/mol. The Labute approximate surface area is 128 Å². The Morgan fingerprint density at radius 2 is 1.65 bits per heavy atom. The molecule has 20 heavy (non-hydrogen) atoms. The summed E-state index contributed by atoms with van der Waals surface area (Å²) in [7, 11) is 0. The van der Waals surface area contributed by atoms with E-state index in [4.69, 9.17) is 5.73 Å². The number of rotatable bonds is 2. The number of benzene rings is 1. The van der Waals surface area contributed by atoms with Crippen LogP contribution in [0.3, 0.4) is 0 Å². The summed E-state index contributed by atoms with van der Waals surface area (Å²) in [6.07, 6.45) is 6.78. The van der Waals surface area contributed by atoms with Crippen LogP contribution in [-0.4, -0.2) is 0 Å². The predicted molar refractivity (Wildman–Crippen MR) is 81.6 cm³/mol. The smallest absolute Gasteiger partial charge is 0.142 e. The lowest BCUT2D eigenvalue weighted by atomic mass is 9.50. The largest absolute Gasteiger partial charge is 0.324 e. The zero-order valence-corrected chi connectivity index (χ0v) is 13.2. The van der Waals surface area contributed by atoms with E-state index in [0.717, 1.165) is 23.7 Å². The standard InChI is InChI=1S/C17H21BrFN/c18-14-3-1-2-13(16(14)19)17(20)15-11-5-9-4-10(7-11)8-12(15)6-9/h1-3,9-12,15,17H,4-8,20H2. The zero-order chi connectivity index (χ0) is 13.9. The average Bonchev–Trinajstić information content (AvgIpc) is 2.40. The van der Waals surface area contributed by atoms with Crippen LogP contribution in [0.4, 0.5) is 4.39 Å². The Bertz CT molecular complexity index is 502. The van der Waals surface area contributed by atoms with Gasteiger partial charge in [0.2, 0.25) is 0 Å². The van der Waals surface area contributed by atoms with E-state index in [0.29, 0.717) is 16.0 Å². The molecule has 0 heterocycles. The molecule has 4 aliphatic rings. The van der Waals surface area contributed by atoms with E-state index in [1.165, 1.54) is 32.1 Å². The maximum absolute atomic E-state index is 14.3. The SMILES string of the molecule is NC(c1cccc(Br)c1F)C1C2CC3CC(C2)CC1C3. The monoisotopic (exact) mass is 337 g/mol. The van der Waals surface area contributed by atoms with E-state index < -0.39 is 0 Å². The molecule has 0 saturated heterocycles. The zero-order valence-electron chi connectivity index (χ0n) is 11.6. The van der Waals surface area contributed by atoms with Gasteiger partial charge >= 0.3 is 0 Å². The third kappa shape index (κ3) is 1.97. The first kappa shape index (κ1) is 13.3.